The predicted octanol–water partition coefficient (Wildman–Crippen LogP) is 4.04. The number of hydrogen-bond donors (Lipinski definition) is 2. The summed E-state index contributed by atoms with van der Waals surface area (Å²) in [6.07, 6.45) is -2.87. The van der Waals surface area contributed by atoms with Crippen LogP contribution in [0, 0.1) is 0 Å². The van der Waals surface area contributed by atoms with E-state index in [0.717, 1.165) is 12.1 Å². The average molecular weight is 315 g/mol. The molecule has 8 heteroatoms. The van der Waals surface area contributed by atoms with Gasteiger partial charge in [-0.15, -0.1) is 11.3 Å². The van der Waals surface area contributed by atoms with Crippen molar-refractivity contribution in [2.75, 3.05) is 5.32 Å². The van der Waals surface area contributed by atoms with Gasteiger partial charge in [-0.2, -0.15) is 13.2 Å². The highest BCUT2D eigenvalue weighted by Crippen LogP contribution is 2.30. The second-order valence-electron chi connectivity index (χ2n) is 4.28. The molecule has 2 aromatic rings. The third-order valence-corrected chi connectivity index (χ3v) is 3.40. The lowest BCUT2D eigenvalue weighted by atomic mass is 10.1. The molecule has 1 aromatic heterocycles. The number of carbonyl (C=O) groups excluding carboxylic acids is 1. The molecule has 112 valence electrons. The first-order valence-electron chi connectivity index (χ1n) is 6.00. The van der Waals surface area contributed by atoms with E-state index >= 15 is 0 Å². The summed E-state index contributed by atoms with van der Waals surface area (Å²) >= 11 is 1.25. The third kappa shape index (κ3) is 4.19. The van der Waals surface area contributed by atoms with Crippen molar-refractivity contribution in [2.24, 2.45) is 0 Å². The van der Waals surface area contributed by atoms with Gasteiger partial charge in [0.05, 0.1) is 11.6 Å². The topological polar surface area (TPSA) is 54.0 Å². The quantitative estimate of drug-likeness (QED) is 0.898. The minimum atomic E-state index is -4.40. The van der Waals surface area contributed by atoms with E-state index in [1.54, 1.807) is 12.3 Å². The minimum absolute atomic E-state index is 0.374. The number of alkyl halides is 3. The molecule has 0 aliphatic carbocycles. The zero-order chi connectivity index (χ0) is 15.5. The van der Waals surface area contributed by atoms with Gasteiger partial charge in [-0.25, -0.2) is 9.78 Å². The Labute approximate surface area is 123 Å². The molecule has 21 heavy (non-hydrogen) atoms. The predicted molar refractivity (Wildman–Crippen MR) is 74.1 cm³/mol. The van der Waals surface area contributed by atoms with Gasteiger partial charge in [0.15, 0.2) is 5.13 Å². The van der Waals surface area contributed by atoms with Gasteiger partial charge in [-0.05, 0) is 24.6 Å². The summed E-state index contributed by atoms with van der Waals surface area (Å²) in [6.45, 7) is 1.61. The Morgan fingerprint density at radius 2 is 2.14 bits per heavy atom. The Morgan fingerprint density at radius 3 is 2.76 bits per heavy atom. The van der Waals surface area contributed by atoms with Crippen LogP contribution in [0.15, 0.2) is 35.8 Å². The van der Waals surface area contributed by atoms with Crippen LogP contribution in [0.2, 0.25) is 0 Å². The first kappa shape index (κ1) is 15.3. The number of rotatable bonds is 3. The minimum Gasteiger partial charge on any atom is -0.331 e. The largest absolute Gasteiger partial charge is 0.416 e. The van der Waals surface area contributed by atoms with Gasteiger partial charge in [0.1, 0.15) is 0 Å². The Kier molecular flexibility index (Phi) is 4.46. The van der Waals surface area contributed by atoms with Crippen LogP contribution in [-0.2, 0) is 6.18 Å². The molecule has 0 unspecified atom stereocenters. The molecular formula is C13H12F3N3OS. The summed E-state index contributed by atoms with van der Waals surface area (Å²) in [6, 6.07) is 3.78. The van der Waals surface area contributed by atoms with E-state index in [-0.39, 0.29) is 0 Å². The molecule has 0 saturated carbocycles. The van der Waals surface area contributed by atoms with E-state index in [4.69, 9.17) is 0 Å². The highest BCUT2D eigenvalue weighted by atomic mass is 32.1. The maximum atomic E-state index is 12.6. The van der Waals surface area contributed by atoms with Gasteiger partial charge < -0.3 is 5.32 Å². The number of amides is 2. The maximum absolute atomic E-state index is 12.6. The summed E-state index contributed by atoms with van der Waals surface area (Å²) < 4.78 is 37.9. The number of nitrogens with zero attached hydrogens (tertiary/aromatic N) is 1. The Morgan fingerprint density at radius 1 is 1.38 bits per heavy atom. The van der Waals surface area contributed by atoms with Crippen LogP contribution in [-0.4, -0.2) is 11.0 Å². The highest BCUT2D eigenvalue weighted by molar-refractivity contribution is 7.13. The molecule has 1 aromatic carbocycles. The van der Waals surface area contributed by atoms with Crippen LogP contribution in [0.1, 0.15) is 24.1 Å². The molecule has 2 N–H and O–H groups in total. The number of hydrogen-bond acceptors (Lipinski definition) is 3. The smallest absolute Gasteiger partial charge is 0.331 e. The monoisotopic (exact) mass is 315 g/mol. The number of halogens is 3. The second kappa shape index (κ2) is 6.13. The standard InChI is InChI=1S/C13H12F3N3OS/c1-8(18-11(20)19-12-17-5-6-21-12)9-3-2-4-10(7-9)13(14,15)16/h2-8H,1H3,(H2,17,18,19,20)/t8-/m1/s1. The van der Waals surface area contributed by atoms with Crippen LogP contribution >= 0.6 is 11.3 Å². The van der Waals surface area contributed by atoms with E-state index in [9.17, 15) is 18.0 Å². The second-order valence-corrected chi connectivity index (χ2v) is 5.18. The van der Waals surface area contributed by atoms with Crippen molar-refractivity contribution in [1.82, 2.24) is 10.3 Å². The summed E-state index contributed by atoms with van der Waals surface area (Å²) in [5.41, 5.74) is -0.368. The number of urea groups is 1. The van der Waals surface area contributed by atoms with Crippen molar-refractivity contribution in [3.8, 4) is 0 Å². The van der Waals surface area contributed by atoms with E-state index < -0.39 is 23.8 Å². The number of thiazole rings is 1. The van der Waals surface area contributed by atoms with Crippen molar-refractivity contribution < 1.29 is 18.0 Å². The fraction of sp³-hybridized carbons (Fsp3) is 0.231. The molecule has 0 saturated heterocycles. The molecule has 0 aliphatic heterocycles. The molecule has 0 aliphatic rings. The lowest BCUT2D eigenvalue weighted by Crippen LogP contribution is -2.31. The van der Waals surface area contributed by atoms with Crippen molar-refractivity contribution >= 4 is 22.5 Å². The van der Waals surface area contributed by atoms with Crippen molar-refractivity contribution in [3.63, 3.8) is 0 Å². The number of benzene rings is 1. The molecule has 1 heterocycles. The maximum Gasteiger partial charge on any atom is 0.416 e. The van der Waals surface area contributed by atoms with Gasteiger partial charge in [0.2, 0.25) is 0 Å². The molecule has 0 fully saturated rings. The SMILES string of the molecule is C[C@@H](NC(=O)Nc1nccs1)c1cccc(C(F)(F)F)c1. The number of aromatic nitrogens is 1. The average Bonchev–Trinajstić information content (AvgIpc) is 2.90. The highest BCUT2D eigenvalue weighted by Gasteiger charge is 2.30. The Bertz CT molecular complexity index is 613. The molecule has 1 atom stereocenters. The molecular weight excluding hydrogens is 303 g/mol. The first-order chi connectivity index (χ1) is 9.86. The van der Waals surface area contributed by atoms with Crippen LogP contribution in [0.25, 0.3) is 0 Å². The molecule has 4 nitrogen and oxygen atoms in total. The van der Waals surface area contributed by atoms with Gasteiger partial charge in [-0.3, -0.25) is 5.32 Å². The van der Waals surface area contributed by atoms with E-state index in [1.807, 2.05) is 0 Å². The summed E-state index contributed by atoms with van der Waals surface area (Å²) in [7, 11) is 0. The van der Waals surface area contributed by atoms with Crippen LogP contribution in [0.3, 0.4) is 0 Å². The molecule has 0 spiro atoms. The normalized spacial score (nSPS) is 12.8. The Balaban J connectivity index is 2.03. The van der Waals surface area contributed by atoms with Gasteiger partial charge in [0, 0.05) is 11.6 Å². The first-order valence-corrected chi connectivity index (χ1v) is 6.88. The third-order valence-electron chi connectivity index (χ3n) is 2.71. The van der Waals surface area contributed by atoms with Crippen molar-refractivity contribution in [3.05, 3.63) is 47.0 Å². The molecule has 2 amide bonds. The number of anilines is 1. The fourth-order valence-corrected chi connectivity index (χ4v) is 2.21. The van der Waals surface area contributed by atoms with Gasteiger partial charge in [0.25, 0.3) is 0 Å². The van der Waals surface area contributed by atoms with Gasteiger partial charge in [-0.1, -0.05) is 12.1 Å². The Hall–Kier alpha value is -2.09. The number of carbonyl (C=O) groups is 1. The van der Waals surface area contributed by atoms with Crippen molar-refractivity contribution in [2.45, 2.75) is 19.1 Å². The lowest BCUT2D eigenvalue weighted by Gasteiger charge is -2.16. The van der Waals surface area contributed by atoms with Crippen molar-refractivity contribution in [1.29, 1.82) is 0 Å². The zero-order valence-corrected chi connectivity index (χ0v) is 11.8. The fourth-order valence-electron chi connectivity index (χ4n) is 1.68. The van der Waals surface area contributed by atoms with E-state index in [2.05, 4.69) is 15.6 Å². The van der Waals surface area contributed by atoms with E-state index in [0.29, 0.717) is 10.7 Å². The number of nitrogens with one attached hydrogen (secondary N) is 2. The summed E-state index contributed by atoms with van der Waals surface area (Å²) in [5, 5.41) is 7.19. The lowest BCUT2D eigenvalue weighted by molar-refractivity contribution is -0.137. The van der Waals surface area contributed by atoms with E-state index in [1.165, 1.54) is 29.7 Å². The molecule has 2 rings (SSSR count). The molecule has 0 bridgehead atoms. The molecule has 0 radical (unpaired) electrons. The van der Waals surface area contributed by atoms with Gasteiger partial charge >= 0.3 is 12.2 Å². The van der Waals surface area contributed by atoms with Crippen LogP contribution in [0.4, 0.5) is 23.1 Å². The summed E-state index contributed by atoms with van der Waals surface area (Å²) in [4.78, 5) is 15.6. The van der Waals surface area contributed by atoms with Crippen LogP contribution < -0.4 is 10.6 Å². The zero-order valence-electron chi connectivity index (χ0n) is 10.9. The summed E-state index contributed by atoms with van der Waals surface area (Å²) in [5.74, 6) is 0. The van der Waals surface area contributed by atoms with Crippen LogP contribution in [0.5, 0.6) is 0 Å².